The summed E-state index contributed by atoms with van der Waals surface area (Å²) >= 11 is 1.59. The molecule has 11 nitrogen and oxygen atoms in total. The van der Waals surface area contributed by atoms with Crippen molar-refractivity contribution in [1.29, 1.82) is 0 Å². The second-order valence-electron chi connectivity index (χ2n) is 13.4. The number of alkyl carbamates (subject to hydrolysis) is 1. The zero-order valence-electron chi connectivity index (χ0n) is 30.0. The summed E-state index contributed by atoms with van der Waals surface area (Å²) < 4.78 is 7.34. The Morgan fingerprint density at radius 1 is 0.880 bits per heavy atom. The van der Waals surface area contributed by atoms with E-state index in [2.05, 4.69) is 39.8 Å². The van der Waals surface area contributed by atoms with Crippen LogP contribution >= 0.6 is 11.3 Å². The minimum atomic E-state index is -0.745. The number of carbonyl (C=O) groups is 3. The molecule has 0 aliphatic carbocycles. The van der Waals surface area contributed by atoms with Crippen LogP contribution in [0.4, 0.5) is 9.59 Å². The quantitative estimate of drug-likeness (QED) is 0.120. The Kier molecular flexibility index (Phi) is 14.4. The fraction of sp³-hybridized carbons (Fsp3) is 0.447. The molecule has 0 bridgehead atoms. The van der Waals surface area contributed by atoms with E-state index in [0.717, 1.165) is 27.5 Å². The fourth-order valence-electron chi connectivity index (χ4n) is 5.57. The smallest absolute Gasteiger partial charge is 0.407 e. The van der Waals surface area contributed by atoms with E-state index in [1.165, 1.54) is 0 Å². The second kappa shape index (κ2) is 18.9. The Labute approximate surface area is 299 Å². The predicted molar refractivity (Wildman–Crippen MR) is 197 cm³/mol. The summed E-state index contributed by atoms with van der Waals surface area (Å²) in [5.74, 6) is -0.0824. The zero-order chi connectivity index (χ0) is 36.0. The summed E-state index contributed by atoms with van der Waals surface area (Å²) in [5, 5.41) is 12.3. The average Bonchev–Trinajstić information content (AvgIpc) is 3.74. The number of carbonyl (C=O) groups excluding carboxylic acids is 3. The summed E-state index contributed by atoms with van der Waals surface area (Å²) in [7, 11) is 3.56. The van der Waals surface area contributed by atoms with Gasteiger partial charge in [-0.3, -0.25) is 4.79 Å². The molecular weight excluding hydrogens is 651 g/mol. The lowest BCUT2D eigenvalue weighted by atomic mass is 9.95. The molecule has 0 spiro atoms. The number of hydrogen-bond donors (Lipinski definition) is 3. The summed E-state index contributed by atoms with van der Waals surface area (Å²) in [5.41, 5.74) is 3.77. The molecule has 0 fully saturated rings. The van der Waals surface area contributed by atoms with Crippen molar-refractivity contribution in [2.45, 2.75) is 90.6 Å². The molecule has 2 aromatic heterocycles. The fourth-order valence-corrected chi connectivity index (χ4v) is 6.39. The zero-order valence-corrected chi connectivity index (χ0v) is 30.8. The number of aryl methyl sites for hydroxylation is 1. The van der Waals surface area contributed by atoms with Gasteiger partial charge < -0.3 is 30.2 Å². The molecule has 4 amide bonds. The van der Waals surface area contributed by atoms with Crippen molar-refractivity contribution in [1.82, 2.24) is 35.4 Å². The summed E-state index contributed by atoms with van der Waals surface area (Å²) in [4.78, 5) is 50.4. The highest BCUT2D eigenvalue weighted by Gasteiger charge is 2.28. The number of amides is 4. The molecule has 0 unspecified atom stereocenters. The largest absolute Gasteiger partial charge is 0.443 e. The number of rotatable bonds is 17. The van der Waals surface area contributed by atoms with Crippen molar-refractivity contribution in [3.05, 3.63) is 106 Å². The Balaban J connectivity index is 1.43. The molecule has 3 atom stereocenters. The normalized spacial score (nSPS) is 13.0. The number of nitrogens with one attached hydrogen (secondary N) is 3. The molecule has 0 aliphatic rings. The molecule has 0 aliphatic heterocycles. The predicted octanol–water partition coefficient (Wildman–Crippen LogP) is 6.21. The molecule has 4 aromatic rings. The van der Waals surface area contributed by atoms with Crippen LogP contribution in [0.1, 0.15) is 74.0 Å². The van der Waals surface area contributed by atoms with Crippen molar-refractivity contribution >= 4 is 29.4 Å². The number of nitrogens with zero attached hydrogens (tertiary/aromatic N) is 4. The highest BCUT2D eigenvalue weighted by atomic mass is 32.1. The van der Waals surface area contributed by atoms with Crippen molar-refractivity contribution in [2.75, 3.05) is 7.05 Å². The lowest BCUT2D eigenvalue weighted by molar-refractivity contribution is -0.124. The standard InChI is InChI=1S/C38H51N7O4S/c1-26(2)34(43-37(47)44(5)22-32-24-50-36(41-32)27(3)4)35(46)40-30(19-28-13-9-7-10-14-28)17-18-31(20-29-15-11-8-12-16-29)42-38(48)49-23-33-21-39-25-45(33)6/h7-16,21,24-27,30-31,34H,17-20,22-23H2,1-6H3,(H,40,46)(H,42,48)(H,43,47)/t30-,31-,34+/m1/s1. The highest BCUT2D eigenvalue weighted by molar-refractivity contribution is 7.09. The summed E-state index contributed by atoms with van der Waals surface area (Å²) in [6, 6.07) is 18.4. The van der Waals surface area contributed by atoms with Crippen LogP contribution in [0.15, 0.2) is 78.6 Å². The summed E-state index contributed by atoms with van der Waals surface area (Å²) in [6.07, 6.45) is 5.18. The molecule has 3 N–H and O–H groups in total. The molecule has 268 valence electrons. The van der Waals surface area contributed by atoms with Crippen molar-refractivity contribution in [3.8, 4) is 0 Å². The van der Waals surface area contributed by atoms with Crippen LogP contribution in [0.5, 0.6) is 0 Å². The molecule has 4 rings (SSSR count). The van der Waals surface area contributed by atoms with Crippen LogP contribution in [-0.2, 0) is 42.6 Å². The summed E-state index contributed by atoms with van der Waals surface area (Å²) in [6.45, 7) is 8.47. The number of ether oxygens (including phenoxy) is 1. The number of imidazole rings is 1. The van der Waals surface area contributed by atoms with E-state index >= 15 is 0 Å². The van der Waals surface area contributed by atoms with Crippen LogP contribution in [0.3, 0.4) is 0 Å². The first-order valence-electron chi connectivity index (χ1n) is 17.2. The third-order valence-electron chi connectivity index (χ3n) is 8.49. The van der Waals surface area contributed by atoms with Gasteiger partial charge in [0, 0.05) is 37.5 Å². The second-order valence-corrected chi connectivity index (χ2v) is 14.3. The van der Waals surface area contributed by atoms with Crippen molar-refractivity contribution in [2.24, 2.45) is 13.0 Å². The Bertz CT molecular complexity index is 1640. The number of aromatic nitrogens is 3. The van der Waals surface area contributed by atoms with E-state index in [-0.39, 0.29) is 36.5 Å². The molecule has 50 heavy (non-hydrogen) atoms. The van der Waals surface area contributed by atoms with Crippen LogP contribution < -0.4 is 16.0 Å². The van der Waals surface area contributed by atoms with Crippen LogP contribution in [0.25, 0.3) is 0 Å². The average molecular weight is 702 g/mol. The van der Waals surface area contributed by atoms with Gasteiger partial charge in [0.2, 0.25) is 5.91 Å². The maximum atomic E-state index is 13.9. The lowest BCUT2D eigenvalue weighted by Crippen LogP contribution is -2.54. The van der Waals surface area contributed by atoms with Gasteiger partial charge in [-0.25, -0.2) is 19.6 Å². The maximum absolute atomic E-state index is 13.9. The first-order chi connectivity index (χ1) is 24.0. The van der Waals surface area contributed by atoms with Gasteiger partial charge in [-0.1, -0.05) is 88.4 Å². The van der Waals surface area contributed by atoms with Gasteiger partial charge >= 0.3 is 12.1 Å². The molecule has 0 saturated heterocycles. The van der Waals surface area contributed by atoms with Crippen LogP contribution in [-0.4, -0.2) is 62.6 Å². The van der Waals surface area contributed by atoms with E-state index in [4.69, 9.17) is 4.74 Å². The number of hydrogen-bond acceptors (Lipinski definition) is 7. The highest BCUT2D eigenvalue weighted by Crippen LogP contribution is 2.20. The van der Waals surface area contributed by atoms with E-state index in [9.17, 15) is 14.4 Å². The SMILES string of the molecule is CC(C)c1nc(CN(C)C(=O)N[C@H](C(=O)N[C@H](CC[C@H](Cc2ccccc2)NC(=O)OCc2cncn2C)Cc2ccccc2)C(C)C)cs1. The monoisotopic (exact) mass is 701 g/mol. The molecular formula is C38H51N7O4S. The lowest BCUT2D eigenvalue weighted by Gasteiger charge is -2.28. The Hall–Kier alpha value is -4.71. The van der Waals surface area contributed by atoms with Crippen LogP contribution in [0, 0.1) is 5.92 Å². The Morgan fingerprint density at radius 3 is 2.00 bits per heavy atom. The van der Waals surface area contributed by atoms with Crippen molar-refractivity contribution in [3.63, 3.8) is 0 Å². The third-order valence-corrected chi connectivity index (χ3v) is 9.68. The minimum Gasteiger partial charge on any atom is -0.443 e. The Morgan fingerprint density at radius 2 is 1.48 bits per heavy atom. The molecule has 0 radical (unpaired) electrons. The van der Waals surface area contributed by atoms with Gasteiger partial charge in [0.15, 0.2) is 0 Å². The van der Waals surface area contributed by atoms with Gasteiger partial charge in [0.25, 0.3) is 0 Å². The van der Waals surface area contributed by atoms with Crippen molar-refractivity contribution < 1.29 is 19.1 Å². The van der Waals surface area contributed by atoms with E-state index in [1.54, 1.807) is 40.4 Å². The van der Waals surface area contributed by atoms with Gasteiger partial charge in [-0.15, -0.1) is 11.3 Å². The van der Waals surface area contributed by atoms with Gasteiger partial charge in [0.05, 0.1) is 35.5 Å². The van der Waals surface area contributed by atoms with Gasteiger partial charge in [-0.2, -0.15) is 0 Å². The first kappa shape index (κ1) is 38.1. The van der Waals surface area contributed by atoms with E-state index in [0.29, 0.717) is 38.1 Å². The maximum Gasteiger partial charge on any atom is 0.407 e. The van der Waals surface area contributed by atoms with E-state index < -0.39 is 12.1 Å². The minimum absolute atomic E-state index is 0.105. The first-order valence-corrected chi connectivity index (χ1v) is 18.1. The molecule has 12 heteroatoms. The number of benzene rings is 2. The molecule has 2 heterocycles. The van der Waals surface area contributed by atoms with Gasteiger partial charge in [0.1, 0.15) is 12.6 Å². The van der Waals surface area contributed by atoms with Gasteiger partial charge in [-0.05, 0) is 42.7 Å². The topological polar surface area (TPSA) is 130 Å². The molecule has 0 saturated carbocycles. The number of thiazole rings is 1. The van der Waals surface area contributed by atoms with Crippen LogP contribution in [0.2, 0.25) is 0 Å². The number of urea groups is 1. The van der Waals surface area contributed by atoms with E-state index in [1.807, 2.05) is 86.9 Å². The third kappa shape index (κ3) is 12.0. The molecule has 2 aromatic carbocycles.